The van der Waals surface area contributed by atoms with Crippen LogP contribution in [0.1, 0.15) is 41.4 Å². The summed E-state index contributed by atoms with van der Waals surface area (Å²) in [5.41, 5.74) is 0.729. The molecule has 2 aromatic rings. The molecule has 2 heterocycles. The van der Waals surface area contributed by atoms with Crippen LogP contribution in [0, 0.1) is 0 Å². The summed E-state index contributed by atoms with van der Waals surface area (Å²) in [6.45, 7) is 3.96. The summed E-state index contributed by atoms with van der Waals surface area (Å²) >= 11 is 0. The molecule has 0 atom stereocenters. The predicted octanol–water partition coefficient (Wildman–Crippen LogP) is 2.28. The van der Waals surface area contributed by atoms with Gasteiger partial charge in [0.15, 0.2) is 23.9 Å². The van der Waals surface area contributed by atoms with Crippen LogP contribution in [0.5, 0.6) is 11.5 Å². The zero-order valence-corrected chi connectivity index (χ0v) is 15.9. The normalized spacial score (nSPS) is 14.3. The van der Waals surface area contributed by atoms with Crippen molar-refractivity contribution >= 4 is 23.6 Å². The van der Waals surface area contributed by atoms with Crippen LogP contribution in [0.25, 0.3) is 0 Å². The molecule has 0 fully saturated rings. The lowest BCUT2D eigenvalue weighted by atomic mass is 10.1. The third-order valence-corrected chi connectivity index (χ3v) is 4.72. The van der Waals surface area contributed by atoms with Crippen molar-refractivity contribution in [3.05, 3.63) is 71.3 Å². The van der Waals surface area contributed by atoms with Crippen molar-refractivity contribution in [1.82, 2.24) is 4.90 Å². The number of carbonyl (C=O) groups excluding carboxylic acids is 4. The lowest BCUT2D eigenvalue weighted by Gasteiger charge is -2.18. The molecule has 2 amide bonds. The molecule has 8 nitrogen and oxygen atoms in total. The SMILES string of the molecule is C=CCN1C(=O)c2ccc(C(=O)OCC(=O)c3ccc4c(c3)OCCO4)cc2C1=O. The number of ether oxygens (including phenoxy) is 3. The summed E-state index contributed by atoms with van der Waals surface area (Å²) in [5, 5.41) is 0. The average molecular weight is 407 g/mol. The van der Waals surface area contributed by atoms with E-state index in [1.165, 1.54) is 24.3 Å². The fourth-order valence-electron chi connectivity index (χ4n) is 3.23. The number of hydrogen-bond donors (Lipinski definition) is 0. The van der Waals surface area contributed by atoms with Crippen LogP contribution in [-0.2, 0) is 4.74 Å². The second kappa shape index (κ2) is 7.82. The maximum Gasteiger partial charge on any atom is 0.338 e. The highest BCUT2D eigenvalue weighted by molar-refractivity contribution is 6.22. The number of rotatable bonds is 6. The molecule has 0 saturated heterocycles. The van der Waals surface area contributed by atoms with Crippen LogP contribution in [0.15, 0.2) is 49.1 Å². The van der Waals surface area contributed by atoms with Crippen LogP contribution in [0.3, 0.4) is 0 Å². The topological polar surface area (TPSA) is 99.2 Å². The highest BCUT2D eigenvalue weighted by Gasteiger charge is 2.35. The third-order valence-electron chi connectivity index (χ3n) is 4.72. The molecule has 152 valence electrons. The minimum atomic E-state index is -0.772. The number of carbonyl (C=O) groups is 4. The maximum atomic E-state index is 12.4. The molecular weight excluding hydrogens is 390 g/mol. The summed E-state index contributed by atoms with van der Waals surface area (Å²) in [6.07, 6.45) is 1.44. The molecule has 0 radical (unpaired) electrons. The summed E-state index contributed by atoms with van der Waals surface area (Å²) in [4.78, 5) is 50.4. The molecule has 30 heavy (non-hydrogen) atoms. The summed E-state index contributed by atoms with van der Waals surface area (Å²) in [6, 6.07) is 8.82. The van der Waals surface area contributed by atoms with Crippen molar-refractivity contribution < 1.29 is 33.4 Å². The predicted molar refractivity (Wildman–Crippen MR) is 104 cm³/mol. The first-order valence-corrected chi connectivity index (χ1v) is 9.20. The monoisotopic (exact) mass is 407 g/mol. The lowest BCUT2D eigenvalue weighted by Crippen LogP contribution is -2.29. The Morgan fingerprint density at radius 1 is 0.967 bits per heavy atom. The van der Waals surface area contributed by atoms with E-state index >= 15 is 0 Å². The molecule has 0 spiro atoms. The van der Waals surface area contributed by atoms with Gasteiger partial charge in [-0.15, -0.1) is 6.58 Å². The zero-order chi connectivity index (χ0) is 21.3. The van der Waals surface area contributed by atoms with Gasteiger partial charge in [0.25, 0.3) is 11.8 Å². The van der Waals surface area contributed by atoms with Gasteiger partial charge in [-0.1, -0.05) is 6.08 Å². The van der Waals surface area contributed by atoms with Gasteiger partial charge >= 0.3 is 5.97 Å². The number of nitrogens with zero attached hydrogens (tertiary/aromatic N) is 1. The van der Waals surface area contributed by atoms with Crippen molar-refractivity contribution in [1.29, 1.82) is 0 Å². The lowest BCUT2D eigenvalue weighted by molar-refractivity contribution is 0.0474. The molecule has 2 aromatic carbocycles. The molecule has 2 aliphatic rings. The largest absolute Gasteiger partial charge is 0.486 e. The number of fused-ring (bicyclic) bond motifs is 2. The van der Waals surface area contributed by atoms with Crippen LogP contribution in [0.2, 0.25) is 0 Å². The Morgan fingerprint density at radius 2 is 1.67 bits per heavy atom. The van der Waals surface area contributed by atoms with E-state index in [9.17, 15) is 19.2 Å². The standard InChI is InChI=1S/C22H17NO7/c1-2-7-23-20(25)15-5-3-14(10-16(15)21(23)26)22(27)30-12-17(24)13-4-6-18-19(11-13)29-9-8-28-18/h2-6,10-11H,1,7-9,12H2. The molecule has 0 bridgehead atoms. The number of imide groups is 1. The minimum absolute atomic E-state index is 0.0744. The van der Waals surface area contributed by atoms with Crippen molar-refractivity contribution in [2.24, 2.45) is 0 Å². The van der Waals surface area contributed by atoms with Gasteiger partial charge in [-0.3, -0.25) is 19.3 Å². The summed E-state index contributed by atoms with van der Waals surface area (Å²) in [7, 11) is 0. The number of hydrogen-bond acceptors (Lipinski definition) is 7. The van der Waals surface area contributed by atoms with E-state index in [2.05, 4.69) is 6.58 Å². The number of benzene rings is 2. The maximum absolute atomic E-state index is 12.4. The Hall–Kier alpha value is -3.94. The van der Waals surface area contributed by atoms with Gasteiger partial charge in [0, 0.05) is 12.1 Å². The second-order valence-corrected chi connectivity index (χ2v) is 6.63. The van der Waals surface area contributed by atoms with Crippen LogP contribution >= 0.6 is 0 Å². The molecule has 0 saturated carbocycles. The van der Waals surface area contributed by atoms with Crippen molar-refractivity contribution in [3.8, 4) is 11.5 Å². The van der Waals surface area contributed by atoms with E-state index in [0.29, 0.717) is 30.3 Å². The number of amides is 2. The van der Waals surface area contributed by atoms with Crippen molar-refractivity contribution in [2.45, 2.75) is 0 Å². The number of esters is 1. The van der Waals surface area contributed by atoms with Gasteiger partial charge in [-0.25, -0.2) is 4.79 Å². The Labute approximate surface area is 171 Å². The van der Waals surface area contributed by atoms with Gasteiger partial charge in [0.1, 0.15) is 13.2 Å². The third kappa shape index (κ3) is 3.43. The average Bonchev–Trinajstić information content (AvgIpc) is 3.01. The first kappa shape index (κ1) is 19.4. The Morgan fingerprint density at radius 3 is 2.43 bits per heavy atom. The Balaban J connectivity index is 1.44. The Bertz CT molecular complexity index is 1090. The van der Waals surface area contributed by atoms with Gasteiger partial charge in [-0.05, 0) is 36.4 Å². The van der Waals surface area contributed by atoms with E-state index in [4.69, 9.17) is 14.2 Å². The molecular formula is C22H17NO7. The van der Waals surface area contributed by atoms with Gasteiger partial charge in [0.2, 0.25) is 0 Å². The van der Waals surface area contributed by atoms with E-state index in [0.717, 1.165) is 4.90 Å². The fourth-order valence-corrected chi connectivity index (χ4v) is 3.23. The summed E-state index contributed by atoms with van der Waals surface area (Å²) in [5.74, 6) is -1.11. The molecule has 8 heteroatoms. The van der Waals surface area contributed by atoms with E-state index in [1.807, 2.05) is 0 Å². The molecule has 0 aliphatic carbocycles. The smallest absolute Gasteiger partial charge is 0.338 e. The first-order chi connectivity index (χ1) is 14.5. The fraction of sp³-hybridized carbons (Fsp3) is 0.182. The quantitative estimate of drug-likeness (QED) is 0.313. The van der Waals surface area contributed by atoms with Gasteiger partial charge < -0.3 is 14.2 Å². The van der Waals surface area contributed by atoms with Crippen LogP contribution in [0.4, 0.5) is 0 Å². The molecule has 0 N–H and O–H groups in total. The molecule has 4 rings (SSSR count). The van der Waals surface area contributed by atoms with Crippen molar-refractivity contribution in [2.75, 3.05) is 26.4 Å². The van der Waals surface area contributed by atoms with E-state index in [-0.39, 0.29) is 23.2 Å². The van der Waals surface area contributed by atoms with Crippen molar-refractivity contribution in [3.63, 3.8) is 0 Å². The second-order valence-electron chi connectivity index (χ2n) is 6.63. The molecule has 0 aromatic heterocycles. The first-order valence-electron chi connectivity index (χ1n) is 9.20. The number of Topliss-reactive ketones (excluding diaryl/α,β-unsaturated/α-hetero) is 1. The minimum Gasteiger partial charge on any atom is -0.486 e. The highest BCUT2D eigenvalue weighted by Crippen LogP contribution is 2.31. The summed E-state index contributed by atoms with van der Waals surface area (Å²) < 4.78 is 15.9. The zero-order valence-electron chi connectivity index (χ0n) is 15.9. The Kier molecular flexibility index (Phi) is 5.05. The number of ketones is 1. The van der Waals surface area contributed by atoms with Crippen LogP contribution in [-0.4, -0.2) is 54.8 Å². The van der Waals surface area contributed by atoms with Gasteiger partial charge in [0.05, 0.1) is 16.7 Å². The van der Waals surface area contributed by atoms with E-state index in [1.54, 1.807) is 18.2 Å². The van der Waals surface area contributed by atoms with E-state index < -0.39 is 30.2 Å². The van der Waals surface area contributed by atoms with Crippen LogP contribution < -0.4 is 9.47 Å². The van der Waals surface area contributed by atoms with Gasteiger partial charge in [-0.2, -0.15) is 0 Å². The highest BCUT2D eigenvalue weighted by atomic mass is 16.6. The molecule has 2 aliphatic heterocycles. The molecule has 0 unspecified atom stereocenters.